The van der Waals surface area contributed by atoms with E-state index < -0.39 is 0 Å². The van der Waals surface area contributed by atoms with Gasteiger partial charge >= 0.3 is 0 Å². The Hall–Kier alpha value is -0.900. The van der Waals surface area contributed by atoms with Crippen LogP contribution in [0.2, 0.25) is 0 Å². The van der Waals surface area contributed by atoms with Crippen LogP contribution < -0.4 is 5.32 Å². The fourth-order valence-corrected chi connectivity index (χ4v) is 1.91. The quantitative estimate of drug-likeness (QED) is 0.745. The van der Waals surface area contributed by atoms with Crippen molar-refractivity contribution in [2.75, 3.05) is 5.32 Å². The second-order valence-electron chi connectivity index (χ2n) is 3.04. The number of anilines is 1. The topological polar surface area (TPSA) is 29.1 Å². The molecule has 0 saturated carbocycles. The Balaban J connectivity index is 2.69. The highest BCUT2D eigenvalue weighted by atomic mass is 79.9. The molecule has 1 aliphatic rings. The molecule has 1 amide bonds. The first-order chi connectivity index (χ1) is 6.09. The van der Waals surface area contributed by atoms with Crippen molar-refractivity contribution >= 4 is 27.5 Å². The molecule has 0 radical (unpaired) electrons. The smallest absolute Gasteiger partial charge is 0.228 e. The van der Waals surface area contributed by atoms with Crippen molar-refractivity contribution in [1.29, 1.82) is 0 Å². The fraction of sp³-hybridized carbons (Fsp3) is 0.222. The van der Waals surface area contributed by atoms with Crippen LogP contribution in [0.4, 0.5) is 10.1 Å². The van der Waals surface area contributed by atoms with E-state index in [1.165, 1.54) is 6.07 Å². The normalized spacial score (nSPS) is 14.2. The molecule has 2 rings (SSSR count). The maximum atomic E-state index is 13.3. The second kappa shape index (κ2) is 2.80. The highest BCUT2D eigenvalue weighted by Gasteiger charge is 2.24. The van der Waals surface area contributed by atoms with Gasteiger partial charge < -0.3 is 5.32 Å². The largest absolute Gasteiger partial charge is 0.323 e. The molecule has 0 bridgehead atoms. The number of benzene rings is 1. The number of halogens is 2. The van der Waals surface area contributed by atoms with Crippen molar-refractivity contribution in [3.05, 3.63) is 27.5 Å². The molecular formula is C9H7BrFNO. The Bertz CT molecular complexity index is 403. The van der Waals surface area contributed by atoms with Crippen LogP contribution in [0, 0.1) is 12.7 Å². The van der Waals surface area contributed by atoms with Gasteiger partial charge in [0.2, 0.25) is 5.91 Å². The van der Waals surface area contributed by atoms with E-state index in [2.05, 4.69) is 21.2 Å². The lowest BCUT2D eigenvalue weighted by Crippen LogP contribution is -2.04. The molecular weight excluding hydrogens is 237 g/mol. The van der Waals surface area contributed by atoms with Gasteiger partial charge in [-0.25, -0.2) is 4.39 Å². The summed E-state index contributed by atoms with van der Waals surface area (Å²) in [4.78, 5) is 11.0. The standard InChI is InChI=1S/C9H7BrFNO/c1-4-5-2-8(13)12-9(5)7(11)3-6(4)10/h3H,2H2,1H3,(H,12,13). The SMILES string of the molecule is Cc1c(Br)cc(F)c2c1CC(=O)N2. The summed E-state index contributed by atoms with van der Waals surface area (Å²) < 4.78 is 14.0. The molecule has 68 valence electrons. The third kappa shape index (κ3) is 1.25. The molecule has 0 aromatic heterocycles. The summed E-state index contributed by atoms with van der Waals surface area (Å²) in [6.07, 6.45) is 0.275. The predicted octanol–water partition coefficient (Wildman–Crippen LogP) is 2.39. The Morgan fingerprint density at radius 3 is 3.00 bits per heavy atom. The molecule has 2 nitrogen and oxygen atoms in total. The van der Waals surface area contributed by atoms with E-state index in [1.807, 2.05) is 6.92 Å². The minimum absolute atomic E-state index is 0.143. The van der Waals surface area contributed by atoms with Crippen LogP contribution in [0.3, 0.4) is 0 Å². The van der Waals surface area contributed by atoms with E-state index in [1.54, 1.807) is 0 Å². The Labute approximate surface area is 83.3 Å². The fourth-order valence-electron chi connectivity index (χ4n) is 1.47. The van der Waals surface area contributed by atoms with E-state index in [-0.39, 0.29) is 18.1 Å². The molecule has 1 aromatic carbocycles. The number of hydrogen-bond acceptors (Lipinski definition) is 1. The summed E-state index contributed by atoms with van der Waals surface area (Å²) in [6.45, 7) is 1.86. The first kappa shape index (κ1) is 8.69. The van der Waals surface area contributed by atoms with Crippen LogP contribution in [0.25, 0.3) is 0 Å². The van der Waals surface area contributed by atoms with Crippen molar-refractivity contribution in [2.45, 2.75) is 13.3 Å². The zero-order valence-electron chi connectivity index (χ0n) is 6.95. The van der Waals surface area contributed by atoms with E-state index >= 15 is 0 Å². The average Bonchev–Trinajstić information content (AvgIpc) is 2.44. The summed E-state index contributed by atoms with van der Waals surface area (Å²) in [5.74, 6) is -0.520. The Kier molecular flexibility index (Phi) is 1.87. The third-order valence-corrected chi connectivity index (χ3v) is 3.03. The van der Waals surface area contributed by atoms with Crippen LogP contribution in [0.1, 0.15) is 11.1 Å². The van der Waals surface area contributed by atoms with Crippen LogP contribution in [-0.2, 0) is 11.2 Å². The van der Waals surface area contributed by atoms with Gasteiger partial charge in [0.05, 0.1) is 12.1 Å². The number of hydrogen-bond donors (Lipinski definition) is 1. The number of fused-ring (bicyclic) bond motifs is 1. The van der Waals surface area contributed by atoms with Gasteiger partial charge in [0, 0.05) is 4.47 Å². The molecule has 0 aliphatic carbocycles. The molecule has 13 heavy (non-hydrogen) atoms. The van der Waals surface area contributed by atoms with Crippen LogP contribution in [0.5, 0.6) is 0 Å². The molecule has 1 aromatic rings. The van der Waals surface area contributed by atoms with E-state index in [0.29, 0.717) is 10.2 Å². The zero-order valence-corrected chi connectivity index (χ0v) is 8.53. The van der Waals surface area contributed by atoms with Crippen molar-refractivity contribution < 1.29 is 9.18 Å². The predicted molar refractivity (Wildman–Crippen MR) is 51.2 cm³/mol. The molecule has 0 fully saturated rings. The maximum absolute atomic E-state index is 13.3. The summed E-state index contributed by atoms with van der Waals surface area (Å²) in [6, 6.07) is 1.37. The van der Waals surface area contributed by atoms with Crippen molar-refractivity contribution in [2.24, 2.45) is 0 Å². The van der Waals surface area contributed by atoms with Crippen molar-refractivity contribution in [3.8, 4) is 0 Å². The first-order valence-corrected chi connectivity index (χ1v) is 4.66. The monoisotopic (exact) mass is 243 g/mol. The van der Waals surface area contributed by atoms with Gasteiger partial charge in [0.25, 0.3) is 0 Å². The van der Waals surface area contributed by atoms with Crippen LogP contribution in [0.15, 0.2) is 10.5 Å². The van der Waals surface area contributed by atoms with E-state index in [9.17, 15) is 9.18 Å². The Morgan fingerprint density at radius 1 is 1.62 bits per heavy atom. The lowest BCUT2D eigenvalue weighted by molar-refractivity contribution is -0.115. The van der Waals surface area contributed by atoms with Gasteiger partial charge in [-0.15, -0.1) is 0 Å². The molecule has 0 unspecified atom stereocenters. The third-order valence-electron chi connectivity index (χ3n) is 2.21. The Morgan fingerprint density at radius 2 is 2.31 bits per heavy atom. The first-order valence-electron chi connectivity index (χ1n) is 3.87. The summed E-state index contributed by atoms with van der Waals surface area (Å²) >= 11 is 3.24. The maximum Gasteiger partial charge on any atom is 0.228 e. The van der Waals surface area contributed by atoms with Crippen LogP contribution >= 0.6 is 15.9 Å². The van der Waals surface area contributed by atoms with E-state index in [0.717, 1.165) is 11.1 Å². The summed E-state index contributed by atoms with van der Waals surface area (Å²) in [5.41, 5.74) is 2.03. The number of carbonyl (C=O) groups is 1. The van der Waals surface area contributed by atoms with Gasteiger partial charge in [-0.05, 0) is 24.1 Å². The molecule has 1 heterocycles. The van der Waals surface area contributed by atoms with Gasteiger partial charge in [-0.1, -0.05) is 15.9 Å². The van der Waals surface area contributed by atoms with Crippen molar-refractivity contribution in [3.63, 3.8) is 0 Å². The molecule has 0 spiro atoms. The van der Waals surface area contributed by atoms with Gasteiger partial charge in [0.15, 0.2) is 0 Å². The highest BCUT2D eigenvalue weighted by Crippen LogP contribution is 2.33. The average molecular weight is 244 g/mol. The summed E-state index contributed by atoms with van der Waals surface area (Å²) in [7, 11) is 0. The van der Waals surface area contributed by atoms with Gasteiger partial charge in [-0.2, -0.15) is 0 Å². The lowest BCUT2D eigenvalue weighted by atomic mass is 10.1. The number of nitrogens with one attached hydrogen (secondary N) is 1. The number of rotatable bonds is 0. The minimum atomic E-state index is -0.377. The molecule has 0 atom stereocenters. The lowest BCUT2D eigenvalue weighted by Gasteiger charge is -2.05. The van der Waals surface area contributed by atoms with Crippen LogP contribution in [-0.4, -0.2) is 5.91 Å². The molecule has 1 aliphatic heterocycles. The minimum Gasteiger partial charge on any atom is -0.323 e. The summed E-state index contributed by atoms with van der Waals surface area (Å²) in [5, 5.41) is 2.50. The number of amides is 1. The molecule has 0 saturated heterocycles. The van der Waals surface area contributed by atoms with E-state index in [4.69, 9.17) is 0 Å². The second-order valence-corrected chi connectivity index (χ2v) is 3.90. The van der Waals surface area contributed by atoms with Gasteiger partial charge in [-0.3, -0.25) is 4.79 Å². The van der Waals surface area contributed by atoms with Crippen molar-refractivity contribution in [1.82, 2.24) is 0 Å². The van der Waals surface area contributed by atoms with Gasteiger partial charge in [0.1, 0.15) is 5.82 Å². The number of carbonyl (C=O) groups excluding carboxylic acids is 1. The molecule has 4 heteroatoms. The molecule has 1 N–H and O–H groups in total. The highest BCUT2D eigenvalue weighted by molar-refractivity contribution is 9.10. The zero-order chi connectivity index (χ0) is 9.59.